The third-order valence-electron chi connectivity index (χ3n) is 4.63. The van der Waals surface area contributed by atoms with Crippen molar-refractivity contribution >= 4 is 15.9 Å². The molecule has 0 saturated carbocycles. The summed E-state index contributed by atoms with van der Waals surface area (Å²) in [6.45, 7) is 14.5. The first-order chi connectivity index (χ1) is 9.96. The van der Waals surface area contributed by atoms with Crippen LogP contribution in [-0.2, 0) is 7.05 Å². The molecule has 2 unspecified atom stereocenters. The van der Waals surface area contributed by atoms with Gasteiger partial charge in [-0.1, -0.05) is 27.7 Å². The Balaban J connectivity index is 3.28. The summed E-state index contributed by atoms with van der Waals surface area (Å²) in [5.41, 5.74) is 1.30. The maximum atomic E-state index is 4.42. The first-order valence-electron chi connectivity index (χ1n) is 8.11. The molecule has 0 bridgehead atoms. The quantitative estimate of drug-likeness (QED) is 0.729. The molecule has 0 aromatic carbocycles. The van der Waals surface area contributed by atoms with E-state index in [1.807, 2.05) is 17.9 Å². The number of halogens is 1. The standard InChI is InChI=1S/C16H31BrN4/c1-7-11-18-15(14-13(17)12-19-20(14)6)16(5,8-2)21(9-3)10-4/h12,15,18H,7-11H2,1-6H3. The summed E-state index contributed by atoms with van der Waals surface area (Å²) in [6, 6.07) is 0.254. The van der Waals surface area contributed by atoms with Crippen LogP contribution in [0.2, 0.25) is 0 Å². The highest BCUT2D eigenvalue weighted by atomic mass is 79.9. The van der Waals surface area contributed by atoms with Gasteiger partial charge in [0.05, 0.1) is 22.4 Å². The first kappa shape index (κ1) is 18.7. The molecule has 1 N–H and O–H groups in total. The Labute approximate surface area is 138 Å². The third kappa shape index (κ3) is 3.88. The lowest BCUT2D eigenvalue weighted by atomic mass is 9.84. The lowest BCUT2D eigenvalue weighted by molar-refractivity contribution is 0.0665. The molecular weight excluding hydrogens is 328 g/mol. The van der Waals surface area contributed by atoms with Gasteiger partial charge in [0.25, 0.3) is 0 Å². The summed E-state index contributed by atoms with van der Waals surface area (Å²) < 4.78 is 3.08. The van der Waals surface area contributed by atoms with Crippen molar-refractivity contribution in [1.82, 2.24) is 20.0 Å². The molecule has 1 heterocycles. The van der Waals surface area contributed by atoms with Crippen molar-refractivity contribution in [2.24, 2.45) is 7.05 Å². The summed E-state index contributed by atoms with van der Waals surface area (Å²) in [5.74, 6) is 0. The van der Waals surface area contributed by atoms with Crippen molar-refractivity contribution in [3.63, 3.8) is 0 Å². The Morgan fingerprint density at radius 1 is 1.33 bits per heavy atom. The van der Waals surface area contributed by atoms with Crippen molar-refractivity contribution in [2.75, 3.05) is 19.6 Å². The minimum Gasteiger partial charge on any atom is -0.307 e. The largest absolute Gasteiger partial charge is 0.307 e. The Morgan fingerprint density at radius 2 is 1.95 bits per heavy atom. The van der Waals surface area contributed by atoms with Crippen LogP contribution >= 0.6 is 15.9 Å². The molecule has 4 nitrogen and oxygen atoms in total. The molecule has 122 valence electrons. The molecule has 5 heteroatoms. The zero-order chi connectivity index (χ0) is 16.0. The maximum Gasteiger partial charge on any atom is 0.0711 e. The van der Waals surface area contributed by atoms with E-state index in [2.05, 4.69) is 65.9 Å². The monoisotopic (exact) mass is 358 g/mol. The van der Waals surface area contributed by atoms with Gasteiger partial charge in [0.15, 0.2) is 0 Å². The first-order valence-corrected chi connectivity index (χ1v) is 8.91. The summed E-state index contributed by atoms with van der Waals surface area (Å²) in [6.07, 6.45) is 4.12. The fraction of sp³-hybridized carbons (Fsp3) is 0.812. The molecule has 0 spiro atoms. The van der Waals surface area contributed by atoms with Crippen molar-refractivity contribution in [2.45, 2.75) is 59.0 Å². The molecule has 0 amide bonds. The lowest BCUT2D eigenvalue weighted by Gasteiger charge is -2.46. The Bertz CT molecular complexity index is 408. The van der Waals surface area contributed by atoms with E-state index in [1.54, 1.807) is 0 Å². The van der Waals surface area contributed by atoms with Gasteiger partial charge in [-0.15, -0.1) is 0 Å². The van der Waals surface area contributed by atoms with E-state index in [1.165, 1.54) is 5.69 Å². The zero-order valence-corrected chi connectivity index (χ0v) is 16.0. The van der Waals surface area contributed by atoms with Gasteiger partial charge in [0.2, 0.25) is 0 Å². The number of rotatable bonds is 9. The normalized spacial score (nSPS) is 16.2. The molecule has 0 radical (unpaired) electrons. The van der Waals surface area contributed by atoms with Crippen LogP contribution in [0.4, 0.5) is 0 Å². The van der Waals surface area contributed by atoms with Crippen LogP contribution in [0.3, 0.4) is 0 Å². The number of hydrogen-bond acceptors (Lipinski definition) is 3. The summed E-state index contributed by atoms with van der Waals surface area (Å²) >= 11 is 3.68. The lowest BCUT2D eigenvalue weighted by Crippen LogP contribution is -2.55. The fourth-order valence-electron chi connectivity index (χ4n) is 3.20. The van der Waals surface area contributed by atoms with Gasteiger partial charge < -0.3 is 5.32 Å². The molecule has 0 saturated heterocycles. The van der Waals surface area contributed by atoms with Crippen molar-refractivity contribution in [1.29, 1.82) is 0 Å². The van der Waals surface area contributed by atoms with E-state index in [4.69, 9.17) is 0 Å². The molecule has 1 aromatic rings. The molecule has 1 rings (SSSR count). The smallest absolute Gasteiger partial charge is 0.0711 e. The van der Waals surface area contributed by atoms with E-state index >= 15 is 0 Å². The minimum absolute atomic E-state index is 0.0645. The average Bonchev–Trinajstić information content (AvgIpc) is 2.80. The molecule has 0 fully saturated rings. The predicted octanol–water partition coefficient (Wildman–Crippen LogP) is 3.73. The van der Waals surface area contributed by atoms with E-state index in [0.29, 0.717) is 0 Å². The van der Waals surface area contributed by atoms with Crippen LogP contribution in [0, 0.1) is 0 Å². The molecule has 1 aromatic heterocycles. The molecule has 2 atom stereocenters. The minimum atomic E-state index is 0.0645. The molecule has 0 aliphatic heterocycles. The van der Waals surface area contributed by atoms with Crippen molar-refractivity contribution in [3.8, 4) is 0 Å². The molecule has 0 aliphatic carbocycles. The summed E-state index contributed by atoms with van der Waals surface area (Å²) in [5, 5.41) is 8.18. The van der Waals surface area contributed by atoms with Gasteiger partial charge in [0, 0.05) is 12.6 Å². The second-order valence-electron chi connectivity index (χ2n) is 5.77. The van der Waals surface area contributed by atoms with Crippen LogP contribution in [0.25, 0.3) is 0 Å². The second kappa shape index (κ2) is 8.30. The van der Waals surface area contributed by atoms with Gasteiger partial charge in [0.1, 0.15) is 0 Å². The van der Waals surface area contributed by atoms with Gasteiger partial charge in [-0.25, -0.2) is 0 Å². The van der Waals surface area contributed by atoms with E-state index < -0.39 is 0 Å². The molecular formula is C16H31BrN4. The average molecular weight is 359 g/mol. The van der Waals surface area contributed by atoms with E-state index in [-0.39, 0.29) is 11.6 Å². The Kier molecular flexibility index (Phi) is 7.37. The number of aryl methyl sites for hydroxylation is 1. The topological polar surface area (TPSA) is 33.1 Å². The van der Waals surface area contributed by atoms with Crippen LogP contribution in [0.5, 0.6) is 0 Å². The number of aromatic nitrogens is 2. The number of nitrogens with one attached hydrogen (secondary N) is 1. The van der Waals surface area contributed by atoms with E-state index in [9.17, 15) is 0 Å². The second-order valence-corrected chi connectivity index (χ2v) is 6.63. The third-order valence-corrected chi connectivity index (χ3v) is 5.24. The van der Waals surface area contributed by atoms with Gasteiger partial charge in [-0.05, 0) is 55.3 Å². The van der Waals surface area contributed by atoms with Gasteiger partial charge in [-0.2, -0.15) is 5.10 Å². The van der Waals surface area contributed by atoms with Crippen LogP contribution in [0.1, 0.15) is 59.2 Å². The maximum absolute atomic E-state index is 4.42. The van der Waals surface area contributed by atoms with Crippen molar-refractivity contribution < 1.29 is 0 Å². The molecule has 21 heavy (non-hydrogen) atoms. The zero-order valence-electron chi connectivity index (χ0n) is 14.4. The highest BCUT2D eigenvalue weighted by Gasteiger charge is 2.40. The van der Waals surface area contributed by atoms with Crippen LogP contribution < -0.4 is 5.32 Å². The predicted molar refractivity (Wildman–Crippen MR) is 93.6 cm³/mol. The Hall–Kier alpha value is -0.390. The number of nitrogens with zero attached hydrogens (tertiary/aromatic N) is 3. The van der Waals surface area contributed by atoms with Crippen molar-refractivity contribution in [3.05, 3.63) is 16.4 Å². The SMILES string of the molecule is CCCNC(c1c(Br)cnn1C)C(C)(CC)N(CC)CC. The Morgan fingerprint density at radius 3 is 2.33 bits per heavy atom. The van der Waals surface area contributed by atoms with Gasteiger partial charge in [-0.3, -0.25) is 9.58 Å². The number of hydrogen-bond donors (Lipinski definition) is 1. The van der Waals surface area contributed by atoms with Crippen LogP contribution in [-0.4, -0.2) is 39.9 Å². The van der Waals surface area contributed by atoms with Gasteiger partial charge >= 0.3 is 0 Å². The highest BCUT2D eigenvalue weighted by molar-refractivity contribution is 9.10. The molecule has 0 aliphatic rings. The number of likely N-dealkylation sites (N-methyl/N-ethyl adjacent to an activating group) is 1. The van der Waals surface area contributed by atoms with E-state index in [0.717, 1.165) is 36.9 Å². The highest BCUT2D eigenvalue weighted by Crippen LogP contribution is 2.37. The van der Waals surface area contributed by atoms with Crippen LogP contribution in [0.15, 0.2) is 10.7 Å². The summed E-state index contributed by atoms with van der Waals surface area (Å²) in [4.78, 5) is 2.56. The summed E-state index contributed by atoms with van der Waals surface area (Å²) in [7, 11) is 2.03. The fourth-order valence-corrected chi connectivity index (χ4v) is 3.78.